The number of aryl methyl sites for hydroxylation is 1. The van der Waals surface area contributed by atoms with Crippen molar-refractivity contribution >= 4 is 6.01 Å². The van der Waals surface area contributed by atoms with Crippen LogP contribution in [0.2, 0.25) is 0 Å². The topological polar surface area (TPSA) is 51.0 Å². The third-order valence-corrected chi connectivity index (χ3v) is 2.30. The van der Waals surface area contributed by atoms with Crippen molar-refractivity contribution in [1.82, 2.24) is 10.2 Å². The third kappa shape index (κ3) is 1.57. The van der Waals surface area contributed by atoms with E-state index in [1.165, 1.54) is 12.8 Å². The fourth-order valence-electron chi connectivity index (χ4n) is 1.05. The summed E-state index contributed by atoms with van der Waals surface area (Å²) in [4.78, 5) is 0. The number of hydrogen-bond donors (Lipinski definition) is 1. The maximum atomic E-state index is 5.17. The van der Waals surface area contributed by atoms with Crippen molar-refractivity contribution < 1.29 is 4.42 Å². The minimum Gasteiger partial charge on any atom is -0.408 e. The van der Waals surface area contributed by atoms with Crippen molar-refractivity contribution in [2.75, 3.05) is 11.9 Å². The molecule has 1 aromatic rings. The van der Waals surface area contributed by atoms with Crippen LogP contribution in [0, 0.1) is 12.3 Å². The van der Waals surface area contributed by atoms with Gasteiger partial charge in [0.15, 0.2) is 0 Å². The molecule has 0 bridgehead atoms. The number of nitrogens with one attached hydrogen (secondary N) is 1. The van der Waals surface area contributed by atoms with Crippen molar-refractivity contribution in [3.8, 4) is 0 Å². The van der Waals surface area contributed by atoms with Crippen LogP contribution in [0.1, 0.15) is 25.7 Å². The number of aromatic nitrogens is 2. The number of hydrogen-bond acceptors (Lipinski definition) is 4. The summed E-state index contributed by atoms with van der Waals surface area (Å²) in [6, 6.07) is 0.542. The first-order valence-electron chi connectivity index (χ1n) is 4.22. The quantitative estimate of drug-likeness (QED) is 0.742. The Balaban J connectivity index is 1.87. The molecule has 2 rings (SSSR count). The van der Waals surface area contributed by atoms with Crippen molar-refractivity contribution in [2.24, 2.45) is 5.41 Å². The van der Waals surface area contributed by atoms with Gasteiger partial charge < -0.3 is 9.73 Å². The summed E-state index contributed by atoms with van der Waals surface area (Å²) in [6.45, 7) is 4.98. The van der Waals surface area contributed by atoms with E-state index in [0.29, 0.717) is 17.3 Å². The first-order chi connectivity index (χ1) is 5.68. The second kappa shape index (κ2) is 2.47. The van der Waals surface area contributed by atoms with Crippen LogP contribution >= 0.6 is 0 Å². The van der Waals surface area contributed by atoms with Crippen LogP contribution in [0.15, 0.2) is 4.42 Å². The molecule has 0 unspecified atom stereocenters. The minimum absolute atomic E-state index is 0.475. The summed E-state index contributed by atoms with van der Waals surface area (Å²) in [7, 11) is 0. The van der Waals surface area contributed by atoms with E-state index in [4.69, 9.17) is 4.42 Å². The molecule has 1 aliphatic carbocycles. The van der Waals surface area contributed by atoms with Gasteiger partial charge >= 0.3 is 6.01 Å². The molecule has 66 valence electrons. The van der Waals surface area contributed by atoms with Gasteiger partial charge in [-0.1, -0.05) is 12.0 Å². The van der Waals surface area contributed by atoms with Gasteiger partial charge in [-0.2, -0.15) is 0 Å². The molecule has 0 spiro atoms. The molecule has 1 fully saturated rings. The van der Waals surface area contributed by atoms with Gasteiger partial charge in [0.25, 0.3) is 0 Å². The van der Waals surface area contributed by atoms with Crippen LogP contribution < -0.4 is 5.32 Å². The van der Waals surface area contributed by atoms with Gasteiger partial charge in [-0.05, 0) is 18.3 Å². The molecule has 1 N–H and O–H groups in total. The predicted octanol–water partition coefficient (Wildman–Crippen LogP) is 1.59. The van der Waals surface area contributed by atoms with E-state index in [1.54, 1.807) is 6.92 Å². The molecule has 1 aliphatic rings. The molecule has 0 radical (unpaired) electrons. The van der Waals surface area contributed by atoms with Crippen LogP contribution in [0.25, 0.3) is 0 Å². The summed E-state index contributed by atoms with van der Waals surface area (Å²) in [5.41, 5.74) is 0.475. The lowest BCUT2D eigenvalue weighted by atomic mass is 10.1. The number of rotatable bonds is 3. The summed E-state index contributed by atoms with van der Waals surface area (Å²) < 4.78 is 5.17. The maximum Gasteiger partial charge on any atom is 0.315 e. The monoisotopic (exact) mass is 167 g/mol. The van der Waals surface area contributed by atoms with Crippen LogP contribution in [0.3, 0.4) is 0 Å². The Labute approximate surface area is 71.4 Å². The van der Waals surface area contributed by atoms with E-state index >= 15 is 0 Å². The average Bonchev–Trinajstić information content (AvgIpc) is 2.60. The second-order valence-electron chi connectivity index (χ2n) is 3.79. The van der Waals surface area contributed by atoms with Gasteiger partial charge in [0.05, 0.1) is 0 Å². The lowest BCUT2D eigenvalue weighted by molar-refractivity contribution is 0.517. The summed E-state index contributed by atoms with van der Waals surface area (Å²) >= 11 is 0. The summed E-state index contributed by atoms with van der Waals surface area (Å²) in [5, 5.41) is 10.7. The molecule has 0 atom stereocenters. The van der Waals surface area contributed by atoms with E-state index in [2.05, 4.69) is 22.4 Å². The Kier molecular flexibility index (Phi) is 1.56. The van der Waals surface area contributed by atoms with Gasteiger partial charge in [-0.25, -0.2) is 0 Å². The molecule has 0 saturated heterocycles. The van der Waals surface area contributed by atoms with E-state index in [1.807, 2.05) is 0 Å². The highest BCUT2D eigenvalue weighted by atomic mass is 16.4. The first-order valence-corrected chi connectivity index (χ1v) is 4.22. The maximum absolute atomic E-state index is 5.17. The predicted molar refractivity (Wildman–Crippen MR) is 44.9 cm³/mol. The van der Waals surface area contributed by atoms with Crippen molar-refractivity contribution in [3.05, 3.63) is 5.89 Å². The third-order valence-electron chi connectivity index (χ3n) is 2.30. The molecule has 0 aliphatic heterocycles. The van der Waals surface area contributed by atoms with Crippen molar-refractivity contribution in [2.45, 2.75) is 26.7 Å². The highest BCUT2D eigenvalue weighted by Crippen LogP contribution is 2.44. The second-order valence-corrected chi connectivity index (χ2v) is 3.79. The summed E-state index contributed by atoms with van der Waals surface area (Å²) in [6.07, 6.45) is 2.60. The zero-order valence-corrected chi connectivity index (χ0v) is 7.42. The zero-order valence-electron chi connectivity index (χ0n) is 7.42. The smallest absolute Gasteiger partial charge is 0.315 e. The van der Waals surface area contributed by atoms with Crippen LogP contribution in [0.4, 0.5) is 6.01 Å². The van der Waals surface area contributed by atoms with Crippen molar-refractivity contribution in [3.63, 3.8) is 0 Å². The fraction of sp³-hybridized carbons (Fsp3) is 0.750. The molecule has 0 amide bonds. The van der Waals surface area contributed by atoms with Gasteiger partial charge in [0.2, 0.25) is 5.89 Å². The minimum atomic E-state index is 0.475. The molecule has 4 nitrogen and oxygen atoms in total. The molecular formula is C8H13N3O. The lowest BCUT2D eigenvalue weighted by Crippen LogP contribution is -2.11. The Morgan fingerprint density at radius 3 is 2.75 bits per heavy atom. The Morgan fingerprint density at radius 2 is 2.25 bits per heavy atom. The fourth-order valence-corrected chi connectivity index (χ4v) is 1.05. The van der Waals surface area contributed by atoms with Crippen molar-refractivity contribution in [1.29, 1.82) is 0 Å². The molecule has 1 aromatic heterocycles. The van der Waals surface area contributed by atoms with Crippen LogP contribution in [-0.4, -0.2) is 16.7 Å². The Hall–Kier alpha value is -1.06. The summed E-state index contributed by atoms with van der Waals surface area (Å²) in [5.74, 6) is 0.610. The lowest BCUT2D eigenvalue weighted by Gasteiger charge is -2.06. The standard InChI is InChI=1S/C8H13N3O/c1-6-10-11-7(12-6)9-5-8(2)3-4-8/h3-5H2,1-2H3,(H,9,11). The molecular weight excluding hydrogens is 154 g/mol. The number of anilines is 1. The Morgan fingerprint density at radius 1 is 1.50 bits per heavy atom. The van der Waals surface area contributed by atoms with Gasteiger partial charge in [-0.3, -0.25) is 0 Å². The Bertz CT molecular complexity index is 278. The van der Waals surface area contributed by atoms with E-state index < -0.39 is 0 Å². The molecule has 1 heterocycles. The van der Waals surface area contributed by atoms with Gasteiger partial charge in [-0.15, -0.1) is 5.10 Å². The first kappa shape index (κ1) is 7.58. The van der Waals surface area contributed by atoms with E-state index in [9.17, 15) is 0 Å². The average molecular weight is 167 g/mol. The molecule has 1 saturated carbocycles. The zero-order chi connectivity index (χ0) is 8.60. The highest BCUT2D eigenvalue weighted by Gasteiger charge is 2.37. The highest BCUT2D eigenvalue weighted by molar-refractivity contribution is 5.18. The SMILES string of the molecule is Cc1nnc(NCC2(C)CC2)o1. The van der Waals surface area contributed by atoms with E-state index in [0.717, 1.165) is 6.54 Å². The van der Waals surface area contributed by atoms with Gasteiger partial charge in [0.1, 0.15) is 0 Å². The van der Waals surface area contributed by atoms with E-state index in [-0.39, 0.29) is 0 Å². The molecule has 12 heavy (non-hydrogen) atoms. The normalized spacial score (nSPS) is 19.2. The van der Waals surface area contributed by atoms with Crippen LogP contribution in [0.5, 0.6) is 0 Å². The van der Waals surface area contributed by atoms with Gasteiger partial charge in [0, 0.05) is 13.5 Å². The molecule has 0 aromatic carbocycles. The number of nitrogens with zero attached hydrogens (tertiary/aromatic N) is 2. The largest absolute Gasteiger partial charge is 0.408 e. The van der Waals surface area contributed by atoms with Crippen LogP contribution in [-0.2, 0) is 0 Å². The molecule has 4 heteroatoms.